The number of ether oxygens (including phenoxy) is 1. The summed E-state index contributed by atoms with van der Waals surface area (Å²) in [7, 11) is 0. The van der Waals surface area contributed by atoms with E-state index in [1.54, 1.807) is 0 Å². The van der Waals surface area contributed by atoms with Crippen LogP contribution in [0.15, 0.2) is 0 Å². The molecule has 0 spiro atoms. The van der Waals surface area contributed by atoms with Gasteiger partial charge in [0.15, 0.2) is 0 Å². The number of fused-ring (bicyclic) bond motifs is 4. The fraction of sp³-hybridized carbons (Fsp3) is 0.850. The molecule has 28 heavy (non-hydrogen) atoms. The SMILES string of the molecule is C[C@H]1CN(C2CCN(CC(=O)N3[C@H]4CC[C@H]3c3snnc3C4)CC2)C[C@H](C)O1. The standard InChI is InChI=1S/C20H31N5O2S/c1-13-10-24(11-14(2)27-13)15-5-7-23(8-6-15)12-19(26)25-16-3-4-18(25)20-17(9-16)21-22-28-20/h13-16,18H,3-12H2,1-2H3/t13-,14-,16-,18-/m0/s1. The predicted octanol–water partition coefficient (Wildman–Crippen LogP) is 1.70. The number of rotatable bonds is 3. The maximum absolute atomic E-state index is 13.1. The Morgan fingerprint density at radius 1 is 1.11 bits per heavy atom. The van der Waals surface area contributed by atoms with Gasteiger partial charge in [-0.3, -0.25) is 14.6 Å². The van der Waals surface area contributed by atoms with E-state index in [1.807, 2.05) is 0 Å². The van der Waals surface area contributed by atoms with Crippen molar-refractivity contribution in [1.29, 1.82) is 0 Å². The second-order valence-corrected chi connectivity index (χ2v) is 9.84. The van der Waals surface area contributed by atoms with Gasteiger partial charge in [-0.05, 0) is 51.1 Å². The van der Waals surface area contributed by atoms with Crippen molar-refractivity contribution >= 4 is 17.4 Å². The Kier molecular flexibility index (Phi) is 5.15. The molecule has 5 heterocycles. The summed E-state index contributed by atoms with van der Waals surface area (Å²) >= 11 is 1.48. The van der Waals surface area contributed by atoms with Crippen LogP contribution in [0, 0.1) is 0 Å². The first-order valence-corrected chi connectivity index (χ1v) is 11.6. The molecule has 7 nitrogen and oxygen atoms in total. The minimum Gasteiger partial charge on any atom is -0.373 e. The molecule has 4 atom stereocenters. The summed E-state index contributed by atoms with van der Waals surface area (Å²) < 4.78 is 10.0. The first kappa shape index (κ1) is 18.9. The lowest BCUT2D eigenvalue weighted by Gasteiger charge is -2.44. The van der Waals surface area contributed by atoms with Crippen molar-refractivity contribution in [1.82, 2.24) is 24.3 Å². The smallest absolute Gasteiger partial charge is 0.237 e. The molecular formula is C20H31N5O2S. The highest BCUT2D eigenvalue weighted by Gasteiger charge is 2.44. The Morgan fingerprint density at radius 2 is 1.86 bits per heavy atom. The molecule has 4 aliphatic heterocycles. The van der Waals surface area contributed by atoms with Gasteiger partial charge in [-0.2, -0.15) is 0 Å². The third-order valence-corrected chi connectivity index (χ3v) is 7.86. The molecule has 1 aromatic heterocycles. The summed E-state index contributed by atoms with van der Waals surface area (Å²) in [6, 6.07) is 1.20. The lowest BCUT2D eigenvalue weighted by Crippen LogP contribution is -2.54. The second-order valence-electron chi connectivity index (χ2n) is 9.05. The quantitative estimate of drug-likeness (QED) is 0.763. The monoisotopic (exact) mass is 405 g/mol. The molecule has 5 rings (SSSR count). The number of hydrogen-bond acceptors (Lipinski definition) is 7. The fourth-order valence-corrected chi connectivity index (χ4v) is 6.59. The van der Waals surface area contributed by atoms with E-state index in [0.29, 0.717) is 36.7 Å². The van der Waals surface area contributed by atoms with E-state index < -0.39 is 0 Å². The molecule has 8 heteroatoms. The number of aromatic nitrogens is 2. The van der Waals surface area contributed by atoms with Crippen molar-refractivity contribution in [3.63, 3.8) is 0 Å². The average molecular weight is 406 g/mol. The van der Waals surface area contributed by atoms with Gasteiger partial charge in [0.05, 0.1) is 35.4 Å². The van der Waals surface area contributed by atoms with Crippen molar-refractivity contribution in [3.05, 3.63) is 10.6 Å². The highest BCUT2D eigenvalue weighted by atomic mass is 32.1. The zero-order valence-electron chi connectivity index (χ0n) is 16.9. The largest absolute Gasteiger partial charge is 0.373 e. The van der Waals surface area contributed by atoms with Crippen LogP contribution in [0.4, 0.5) is 0 Å². The van der Waals surface area contributed by atoms with Crippen LogP contribution in [0.1, 0.15) is 56.1 Å². The first-order valence-electron chi connectivity index (χ1n) is 10.8. The number of morpholine rings is 1. The van der Waals surface area contributed by atoms with Crippen molar-refractivity contribution in [3.8, 4) is 0 Å². The second kappa shape index (κ2) is 7.63. The molecule has 3 fully saturated rings. The normalized spacial score (nSPS) is 34.6. The van der Waals surface area contributed by atoms with Crippen LogP contribution in [0.5, 0.6) is 0 Å². The van der Waals surface area contributed by atoms with E-state index in [0.717, 1.165) is 64.0 Å². The van der Waals surface area contributed by atoms with E-state index in [4.69, 9.17) is 4.74 Å². The van der Waals surface area contributed by atoms with Crippen LogP contribution in [0.25, 0.3) is 0 Å². The molecule has 3 saturated heterocycles. The summed E-state index contributed by atoms with van der Waals surface area (Å²) in [6.45, 7) is 9.03. The first-order chi connectivity index (χ1) is 13.6. The Bertz CT molecular complexity index is 709. The van der Waals surface area contributed by atoms with Crippen LogP contribution in [-0.2, 0) is 16.0 Å². The molecule has 1 amide bonds. The van der Waals surface area contributed by atoms with Crippen molar-refractivity contribution in [2.45, 2.75) is 76.3 Å². The van der Waals surface area contributed by atoms with Crippen LogP contribution in [0.2, 0.25) is 0 Å². The van der Waals surface area contributed by atoms with Crippen molar-refractivity contribution < 1.29 is 9.53 Å². The van der Waals surface area contributed by atoms with E-state index in [2.05, 4.69) is 38.1 Å². The maximum atomic E-state index is 13.1. The lowest BCUT2D eigenvalue weighted by atomic mass is 10.0. The van der Waals surface area contributed by atoms with Gasteiger partial charge in [-0.1, -0.05) is 4.49 Å². The van der Waals surface area contributed by atoms with E-state index in [-0.39, 0.29) is 6.04 Å². The number of amides is 1. The Morgan fingerprint density at radius 3 is 2.61 bits per heavy atom. The highest BCUT2D eigenvalue weighted by molar-refractivity contribution is 7.05. The topological polar surface area (TPSA) is 61.8 Å². The van der Waals surface area contributed by atoms with Gasteiger partial charge in [0.2, 0.25) is 5.91 Å². The number of carbonyl (C=O) groups excluding carboxylic acids is 1. The number of likely N-dealkylation sites (tertiary alicyclic amines) is 1. The van der Waals surface area contributed by atoms with Gasteiger partial charge in [0, 0.05) is 44.7 Å². The molecule has 0 saturated carbocycles. The fourth-order valence-electron chi connectivity index (χ4n) is 5.78. The lowest BCUT2D eigenvalue weighted by molar-refractivity contribution is -0.136. The summed E-state index contributed by atoms with van der Waals surface area (Å²) in [6.07, 6.45) is 6.03. The van der Waals surface area contributed by atoms with E-state index >= 15 is 0 Å². The van der Waals surface area contributed by atoms with E-state index in [1.165, 1.54) is 16.4 Å². The highest BCUT2D eigenvalue weighted by Crippen LogP contribution is 2.44. The molecule has 4 aliphatic rings. The molecule has 0 N–H and O–H groups in total. The zero-order chi connectivity index (χ0) is 19.3. The Labute approximate surface area is 171 Å². The van der Waals surface area contributed by atoms with Gasteiger partial charge >= 0.3 is 0 Å². The third-order valence-electron chi connectivity index (χ3n) is 6.99. The summed E-state index contributed by atoms with van der Waals surface area (Å²) in [4.78, 5) is 21.5. The molecule has 154 valence electrons. The predicted molar refractivity (Wildman–Crippen MR) is 107 cm³/mol. The van der Waals surface area contributed by atoms with Crippen LogP contribution in [0.3, 0.4) is 0 Å². The zero-order valence-corrected chi connectivity index (χ0v) is 17.7. The molecule has 1 aromatic rings. The summed E-state index contributed by atoms with van der Waals surface area (Å²) in [5.74, 6) is 0.304. The molecule has 0 aromatic carbocycles. The molecule has 0 unspecified atom stereocenters. The van der Waals surface area contributed by atoms with Crippen LogP contribution >= 0.6 is 11.5 Å². The van der Waals surface area contributed by atoms with Crippen molar-refractivity contribution in [2.24, 2.45) is 0 Å². The van der Waals surface area contributed by atoms with Gasteiger partial charge < -0.3 is 9.64 Å². The number of piperidine rings is 1. The van der Waals surface area contributed by atoms with Crippen LogP contribution < -0.4 is 0 Å². The van der Waals surface area contributed by atoms with Gasteiger partial charge in [-0.15, -0.1) is 5.10 Å². The van der Waals surface area contributed by atoms with Gasteiger partial charge in [0.1, 0.15) is 0 Å². The molecule has 0 aliphatic carbocycles. The third kappa shape index (κ3) is 3.49. The van der Waals surface area contributed by atoms with Crippen LogP contribution in [-0.4, -0.2) is 87.2 Å². The summed E-state index contributed by atoms with van der Waals surface area (Å²) in [5, 5.41) is 4.28. The average Bonchev–Trinajstić information content (AvgIpc) is 3.26. The minimum atomic E-state index is 0.232. The van der Waals surface area contributed by atoms with Gasteiger partial charge in [0.25, 0.3) is 0 Å². The molecule has 2 bridgehead atoms. The molecular weight excluding hydrogens is 374 g/mol. The Hall–Kier alpha value is -1.09. The maximum Gasteiger partial charge on any atom is 0.237 e. The molecule has 0 radical (unpaired) electrons. The number of carbonyl (C=O) groups is 1. The number of nitrogens with zero attached hydrogens (tertiary/aromatic N) is 5. The summed E-state index contributed by atoms with van der Waals surface area (Å²) in [5.41, 5.74) is 1.14. The van der Waals surface area contributed by atoms with E-state index in [9.17, 15) is 4.79 Å². The van der Waals surface area contributed by atoms with Gasteiger partial charge in [-0.25, -0.2) is 0 Å². The van der Waals surface area contributed by atoms with Crippen molar-refractivity contribution in [2.75, 3.05) is 32.7 Å². The number of hydrogen-bond donors (Lipinski definition) is 0. The Balaban J connectivity index is 1.16. The minimum absolute atomic E-state index is 0.232.